The molecule has 0 aliphatic rings. The van der Waals surface area contributed by atoms with Gasteiger partial charge in [0.1, 0.15) is 6.04 Å². The molecule has 0 bridgehead atoms. The Morgan fingerprint density at radius 1 is 1.67 bits per heavy atom. The number of rotatable bonds is 4. The fraction of sp³-hybridized carbons (Fsp3) is 0.500. The molecule has 0 fully saturated rings. The first-order chi connectivity index (χ1) is 5.60. The lowest BCUT2D eigenvalue weighted by molar-refractivity contribution is -0.118. The number of alkyl carbamates (subject to hydrolysis) is 1. The van der Waals surface area contributed by atoms with Crippen LogP contribution in [0.3, 0.4) is 0 Å². The maximum absolute atomic E-state index is 10.5. The lowest BCUT2D eigenvalue weighted by Crippen LogP contribution is -2.38. The van der Waals surface area contributed by atoms with E-state index in [-0.39, 0.29) is 6.42 Å². The number of carbonyl (C=O) groups excluding carboxylic acids is 3. The van der Waals surface area contributed by atoms with Crippen LogP contribution < -0.4 is 11.1 Å². The van der Waals surface area contributed by atoms with Gasteiger partial charge in [0.05, 0.1) is 13.5 Å². The zero-order chi connectivity index (χ0) is 9.56. The molecule has 67 valence electrons. The predicted molar refractivity (Wildman–Crippen MR) is 38.8 cm³/mol. The number of amides is 2. The Labute approximate surface area is 69.1 Å². The largest absolute Gasteiger partial charge is 0.453 e. The Balaban J connectivity index is 3.90. The summed E-state index contributed by atoms with van der Waals surface area (Å²) >= 11 is 0. The van der Waals surface area contributed by atoms with Crippen LogP contribution in [0.25, 0.3) is 0 Å². The van der Waals surface area contributed by atoms with Gasteiger partial charge >= 0.3 is 6.09 Å². The molecule has 2 amide bonds. The monoisotopic (exact) mass is 173 g/mol. The van der Waals surface area contributed by atoms with E-state index in [2.05, 4.69) is 10.1 Å². The first-order valence-electron chi connectivity index (χ1n) is 3.10. The van der Waals surface area contributed by atoms with E-state index in [0.717, 1.165) is 7.11 Å². The summed E-state index contributed by atoms with van der Waals surface area (Å²) in [6.07, 6.45) is 0.355. The third-order valence-electron chi connectivity index (χ3n) is 1.03. The summed E-state index contributed by atoms with van der Waals surface area (Å²) in [4.78, 5) is 30.9. The summed E-state index contributed by atoms with van der Waals surface area (Å²) < 4.78 is 4.18. The fourth-order valence-corrected chi connectivity index (χ4v) is 0.525. The van der Waals surface area contributed by atoms with Crippen LogP contribution in [0, 0.1) is 0 Å². The summed E-state index contributed by atoms with van der Waals surface area (Å²) in [5.74, 6) is -0.695. The Kier molecular flexibility index (Phi) is 4.43. The minimum Gasteiger partial charge on any atom is -0.453 e. The SMILES string of the molecule is COC(=O)N[C@@H]([C]=O)CC(N)=O. The normalized spacial score (nSPS) is 11.4. The van der Waals surface area contributed by atoms with Crippen molar-refractivity contribution in [1.29, 1.82) is 0 Å². The van der Waals surface area contributed by atoms with Crippen molar-refractivity contribution >= 4 is 18.3 Å². The topological polar surface area (TPSA) is 98.5 Å². The molecule has 1 radical (unpaired) electrons. The molecular formula is C6H9N2O4. The Morgan fingerprint density at radius 2 is 2.25 bits per heavy atom. The summed E-state index contributed by atoms with van der Waals surface area (Å²) in [7, 11) is 1.14. The molecule has 6 nitrogen and oxygen atoms in total. The minimum absolute atomic E-state index is 0.279. The Hall–Kier alpha value is -1.59. The van der Waals surface area contributed by atoms with E-state index < -0.39 is 18.0 Å². The number of hydrogen-bond donors (Lipinski definition) is 2. The lowest BCUT2D eigenvalue weighted by atomic mass is 10.2. The van der Waals surface area contributed by atoms with E-state index in [1.165, 1.54) is 6.29 Å². The van der Waals surface area contributed by atoms with E-state index in [1.54, 1.807) is 0 Å². The molecule has 0 aromatic rings. The van der Waals surface area contributed by atoms with Crippen molar-refractivity contribution < 1.29 is 19.1 Å². The number of carbonyl (C=O) groups is 2. The van der Waals surface area contributed by atoms with E-state index in [1.807, 2.05) is 0 Å². The van der Waals surface area contributed by atoms with Gasteiger partial charge < -0.3 is 15.8 Å². The quantitative estimate of drug-likeness (QED) is 0.551. The summed E-state index contributed by atoms with van der Waals surface area (Å²) in [6, 6.07) is -1.03. The smallest absolute Gasteiger partial charge is 0.407 e. The molecule has 1 atom stereocenters. The highest BCUT2D eigenvalue weighted by Gasteiger charge is 2.14. The van der Waals surface area contributed by atoms with Crippen LogP contribution >= 0.6 is 0 Å². The van der Waals surface area contributed by atoms with Crippen molar-refractivity contribution in [2.75, 3.05) is 7.11 Å². The predicted octanol–water partition coefficient (Wildman–Crippen LogP) is -1.30. The maximum atomic E-state index is 10.5. The van der Waals surface area contributed by atoms with Gasteiger partial charge in [-0.05, 0) is 0 Å². The molecule has 3 N–H and O–H groups in total. The number of hydrogen-bond acceptors (Lipinski definition) is 4. The molecule has 0 aromatic carbocycles. The third kappa shape index (κ3) is 4.26. The average Bonchev–Trinajstić information content (AvgIpc) is 2.02. The van der Waals surface area contributed by atoms with Gasteiger partial charge in [-0.25, -0.2) is 4.79 Å². The third-order valence-corrected chi connectivity index (χ3v) is 1.03. The number of nitrogens with two attached hydrogens (primary N) is 1. The molecule has 0 heterocycles. The molecule has 12 heavy (non-hydrogen) atoms. The lowest BCUT2D eigenvalue weighted by Gasteiger charge is -2.07. The fourth-order valence-electron chi connectivity index (χ4n) is 0.525. The number of methoxy groups -OCH3 is 1. The second-order valence-corrected chi connectivity index (χ2v) is 1.98. The molecule has 0 aromatic heterocycles. The van der Waals surface area contributed by atoms with Gasteiger partial charge in [-0.2, -0.15) is 0 Å². The first-order valence-corrected chi connectivity index (χ1v) is 3.10. The van der Waals surface area contributed by atoms with Crippen LogP contribution in [0.5, 0.6) is 0 Å². The highest BCUT2D eigenvalue weighted by atomic mass is 16.5. The number of nitrogens with one attached hydrogen (secondary N) is 1. The second kappa shape index (κ2) is 5.11. The van der Waals surface area contributed by atoms with Crippen LogP contribution in [0.4, 0.5) is 4.79 Å². The van der Waals surface area contributed by atoms with Gasteiger partial charge in [0.2, 0.25) is 12.2 Å². The zero-order valence-electron chi connectivity index (χ0n) is 6.49. The van der Waals surface area contributed by atoms with Gasteiger partial charge in [0, 0.05) is 0 Å². The molecule has 6 heteroatoms. The highest BCUT2D eigenvalue weighted by Crippen LogP contribution is 1.87. The van der Waals surface area contributed by atoms with E-state index in [4.69, 9.17) is 5.73 Å². The summed E-state index contributed by atoms with van der Waals surface area (Å²) in [5, 5.41) is 2.06. The van der Waals surface area contributed by atoms with Crippen LogP contribution in [-0.2, 0) is 14.3 Å². The van der Waals surface area contributed by atoms with Gasteiger partial charge in [-0.15, -0.1) is 0 Å². The van der Waals surface area contributed by atoms with E-state index in [9.17, 15) is 14.4 Å². The first kappa shape index (κ1) is 10.4. The molecule has 0 rings (SSSR count). The van der Waals surface area contributed by atoms with E-state index in [0.29, 0.717) is 0 Å². The van der Waals surface area contributed by atoms with Crippen LogP contribution in [0.2, 0.25) is 0 Å². The van der Waals surface area contributed by atoms with Crippen molar-refractivity contribution in [2.24, 2.45) is 5.73 Å². The van der Waals surface area contributed by atoms with Gasteiger partial charge in [-0.3, -0.25) is 9.59 Å². The van der Waals surface area contributed by atoms with Crippen molar-refractivity contribution in [3.05, 3.63) is 0 Å². The standard InChI is InChI=1S/C6H9N2O4/c1-12-6(11)8-4(3-9)2-5(7)10/h4H,2H2,1H3,(H2,7,10)(H,8,11)/t4-/m1/s1. The van der Waals surface area contributed by atoms with Crippen molar-refractivity contribution in [2.45, 2.75) is 12.5 Å². The summed E-state index contributed by atoms with van der Waals surface area (Å²) in [6.45, 7) is 0. The van der Waals surface area contributed by atoms with Crippen LogP contribution in [0.1, 0.15) is 6.42 Å². The van der Waals surface area contributed by atoms with Crippen molar-refractivity contribution in [3.63, 3.8) is 0 Å². The van der Waals surface area contributed by atoms with Crippen molar-refractivity contribution in [3.8, 4) is 0 Å². The minimum atomic E-state index is -1.03. The molecule has 0 saturated heterocycles. The molecule has 0 aliphatic carbocycles. The number of primary amides is 1. The Bertz CT molecular complexity index is 192. The van der Waals surface area contributed by atoms with Gasteiger partial charge in [-0.1, -0.05) is 0 Å². The molecule has 0 unspecified atom stereocenters. The van der Waals surface area contributed by atoms with Gasteiger partial charge in [0.25, 0.3) is 0 Å². The van der Waals surface area contributed by atoms with E-state index >= 15 is 0 Å². The Morgan fingerprint density at radius 3 is 2.58 bits per heavy atom. The van der Waals surface area contributed by atoms with Crippen LogP contribution in [0.15, 0.2) is 0 Å². The van der Waals surface area contributed by atoms with Crippen molar-refractivity contribution in [1.82, 2.24) is 5.32 Å². The average molecular weight is 173 g/mol. The molecule has 0 saturated carbocycles. The molecule has 0 aliphatic heterocycles. The second-order valence-electron chi connectivity index (χ2n) is 1.98. The zero-order valence-corrected chi connectivity index (χ0v) is 6.49. The highest BCUT2D eigenvalue weighted by molar-refractivity contribution is 5.81. The molecular weight excluding hydrogens is 164 g/mol. The molecule has 0 spiro atoms. The van der Waals surface area contributed by atoms with Crippen LogP contribution in [-0.4, -0.2) is 31.4 Å². The van der Waals surface area contributed by atoms with Gasteiger partial charge in [0.15, 0.2) is 0 Å². The maximum Gasteiger partial charge on any atom is 0.407 e. The summed E-state index contributed by atoms with van der Waals surface area (Å²) in [5.41, 5.74) is 4.78. The number of ether oxygens (including phenoxy) is 1.